The highest BCUT2D eigenvalue weighted by Crippen LogP contribution is 2.53. The molecular formula is C33H32F4N6O4S. The lowest BCUT2D eigenvalue weighted by molar-refractivity contribution is -0.137. The number of Topliss-reactive ketones (excluding diaryl/α,β-unsaturated/α-hetero) is 1. The van der Waals surface area contributed by atoms with Gasteiger partial charge in [-0.05, 0) is 99.6 Å². The molecule has 48 heavy (non-hydrogen) atoms. The van der Waals surface area contributed by atoms with Gasteiger partial charge in [-0.3, -0.25) is 14.5 Å². The number of aliphatic hydroxyl groups is 1. The number of halogens is 4. The number of nitrogens with zero attached hydrogens (tertiary/aromatic N) is 6. The molecule has 2 fully saturated rings. The summed E-state index contributed by atoms with van der Waals surface area (Å²) in [5, 5.41) is 19.1. The first-order chi connectivity index (χ1) is 22.6. The highest BCUT2D eigenvalue weighted by molar-refractivity contribution is 7.89. The number of rotatable bonds is 7. The quantitative estimate of drug-likeness (QED) is 0.212. The third-order valence-corrected chi connectivity index (χ3v) is 11.7. The Hall–Kier alpha value is -4.21. The van der Waals surface area contributed by atoms with Crippen LogP contribution < -0.4 is 0 Å². The first kappa shape index (κ1) is 32.3. The van der Waals surface area contributed by atoms with E-state index in [9.17, 15) is 35.9 Å². The minimum absolute atomic E-state index is 0.0302. The number of ketones is 1. The third kappa shape index (κ3) is 5.47. The average molecular weight is 685 g/mol. The average Bonchev–Trinajstić information content (AvgIpc) is 3.65. The molecule has 3 aliphatic carbocycles. The van der Waals surface area contributed by atoms with E-state index < -0.39 is 56.5 Å². The molecule has 0 unspecified atom stereocenters. The summed E-state index contributed by atoms with van der Waals surface area (Å²) in [6.45, 7) is 1.63. The maximum atomic E-state index is 14.6. The maximum Gasteiger partial charge on any atom is 0.416 e. The van der Waals surface area contributed by atoms with Crippen molar-refractivity contribution in [3.63, 3.8) is 0 Å². The van der Waals surface area contributed by atoms with Crippen LogP contribution in [0.25, 0.3) is 11.8 Å². The van der Waals surface area contributed by atoms with Crippen molar-refractivity contribution >= 4 is 21.9 Å². The number of aromatic nitrogens is 5. The molecule has 1 N–H and O–H groups in total. The zero-order valence-electron chi connectivity index (χ0n) is 26.0. The highest BCUT2D eigenvalue weighted by Gasteiger charge is 2.55. The SMILES string of the molecule is Cn1ccc(S(=O)(=O)N([C@H]2CCC3=Cc4c(cnn4-c4ccc(F)cc4)C[C@]3(C(=O)c3cc(C(F)(F)F)ccn3)C2)[C@H]2C[C@](C)(O)C2)n1. The predicted octanol–water partition coefficient (Wildman–Crippen LogP) is 5.12. The fourth-order valence-electron chi connectivity index (χ4n) is 7.53. The van der Waals surface area contributed by atoms with Crippen molar-refractivity contribution in [2.75, 3.05) is 0 Å². The smallest absolute Gasteiger partial charge is 0.390 e. The van der Waals surface area contributed by atoms with Crippen LogP contribution in [0, 0.1) is 11.2 Å². The number of carbonyl (C=O) groups excluding carboxylic acids is 1. The van der Waals surface area contributed by atoms with Crippen molar-refractivity contribution in [2.24, 2.45) is 12.5 Å². The molecule has 2 atom stereocenters. The fourth-order valence-corrected chi connectivity index (χ4v) is 9.33. The van der Waals surface area contributed by atoms with E-state index >= 15 is 0 Å². The Morgan fingerprint density at radius 2 is 1.81 bits per heavy atom. The number of benzene rings is 1. The number of hydrogen-bond donors (Lipinski definition) is 1. The molecule has 0 radical (unpaired) electrons. The molecule has 15 heteroatoms. The van der Waals surface area contributed by atoms with E-state index in [4.69, 9.17) is 0 Å². The molecule has 3 heterocycles. The van der Waals surface area contributed by atoms with E-state index in [2.05, 4.69) is 15.2 Å². The molecule has 252 valence electrons. The number of pyridine rings is 1. The number of hydrogen-bond acceptors (Lipinski definition) is 7. The second kappa shape index (κ2) is 11.2. The number of fused-ring (bicyclic) bond motifs is 2. The molecular weight excluding hydrogens is 652 g/mol. The van der Waals surface area contributed by atoms with Gasteiger partial charge in [-0.25, -0.2) is 17.5 Å². The predicted molar refractivity (Wildman–Crippen MR) is 165 cm³/mol. The largest absolute Gasteiger partial charge is 0.416 e. The van der Waals surface area contributed by atoms with Crippen molar-refractivity contribution in [2.45, 2.75) is 74.3 Å². The Bertz CT molecular complexity index is 2050. The number of alkyl halides is 3. The Morgan fingerprint density at radius 3 is 2.46 bits per heavy atom. The van der Waals surface area contributed by atoms with Crippen molar-refractivity contribution in [1.82, 2.24) is 28.9 Å². The Labute approximate surface area is 273 Å². The first-order valence-electron chi connectivity index (χ1n) is 15.4. The monoisotopic (exact) mass is 684 g/mol. The standard InChI is InChI=1S/C33H32F4N6O4S/c1-31(45)16-26(17-31)43(48(46,47)29-10-12-41(2)40-29)25-6-3-21-14-28-20(19-39-42(28)24-7-4-23(34)5-8-24)15-32(21,18-25)30(44)27-13-22(9-11-38-27)33(35,36)37/h4-5,7-14,19,25-26,45H,3,6,15-18H2,1-2H3/t25-,26-,31-,32-/m0/s1. The summed E-state index contributed by atoms with van der Waals surface area (Å²) in [6, 6.07) is 7.30. The molecule has 10 nitrogen and oxygen atoms in total. The lowest BCUT2D eigenvalue weighted by Crippen LogP contribution is -2.60. The van der Waals surface area contributed by atoms with Gasteiger partial charge in [-0.2, -0.15) is 27.7 Å². The van der Waals surface area contributed by atoms with E-state index in [-0.39, 0.29) is 42.8 Å². The van der Waals surface area contributed by atoms with Crippen LogP contribution >= 0.6 is 0 Å². The molecule has 0 bridgehead atoms. The molecule has 0 saturated heterocycles. The van der Waals surface area contributed by atoms with Gasteiger partial charge in [0.05, 0.1) is 34.2 Å². The fraction of sp³-hybridized carbons (Fsp3) is 0.394. The molecule has 4 aromatic rings. The molecule has 1 aromatic carbocycles. The van der Waals surface area contributed by atoms with Crippen LogP contribution in [0.15, 0.2) is 71.7 Å². The van der Waals surface area contributed by atoms with Crippen LogP contribution in [0.3, 0.4) is 0 Å². The summed E-state index contributed by atoms with van der Waals surface area (Å²) in [4.78, 5) is 18.7. The molecule has 0 aliphatic heterocycles. The van der Waals surface area contributed by atoms with E-state index in [1.165, 1.54) is 33.4 Å². The van der Waals surface area contributed by atoms with E-state index in [0.29, 0.717) is 28.9 Å². The van der Waals surface area contributed by atoms with Crippen LogP contribution in [-0.4, -0.2) is 65.8 Å². The third-order valence-electron chi connectivity index (χ3n) is 9.76. The summed E-state index contributed by atoms with van der Waals surface area (Å²) in [5.74, 6) is -1.08. The van der Waals surface area contributed by atoms with Crippen molar-refractivity contribution in [1.29, 1.82) is 0 Å². The van der Waals surface area contributed by atoms with Gasteiger partial charge in [0.25, 0.3) is 10.0 Å². The molecule has 7 rings (SSSR count). The van der Waals surface area contributed by atoms with Crippen LogP contribution in [0.2, 0.25) is 0 Å². The summed E-state index contributed by atoms with van der Waals surface area (Å²) < 4.78 is 87.8. The van der Waals surface area contributed by atoms with Gasteiger partial charge >= 0.3 is 6.18 Å². The van der Waals surface area contributed by atoms with Crippen LogP contribution in [-0.2, 0) is 29.7 Å². The Kier molecular flexibility index (Phi) is 7.53. The molecule has 3 aromatic heterocycles. The molecule has 0 amide bonds. The lowest BCUT2D eigenvalue weighted by Gasteiger charge is -2.52. The maximum absolute atomic E-state index is 14.6. The Morgan fingerprint density at radius 1 is 1.08 bits per heavy atom. The second-order valence-corrected chi connectivity index (χ2v) is 15.0. The van der Waals surface area contributed by atoms with Gasteiger partial charge < -0.3 is 5.11 Å². The minimum atomic E-state index is -4.71. The van der Waals surface area contributed by atoms with Gasteiger partial charge in [0, 0.05) is 31.5 Å². The van der Waals surface area contributed by atoms with Gasteiger partial charge in [0.2, 0.25) is 0 Å². The molecule has 2 saturated carbocycles. The second-order valence-electron chi connectivity index (χ2n) is 13.2. The normalized spacial score (nSPS) is 25.6. The van der Waals surface area contributed by atoms with Crippen molar-refractivity contribution in [3.05, 3.63) is 95.0 Å². The van der Waals surface area contributed by atoms with Crippen molar-refractivity contribution in [3.8, 4) is 5.69 Å². The van der Waals surface area contributed by atoms with Gasteiger partial charge in [-0.1, -0.05) is 5.57 Å². The Balaban J connectivity index is 1.34. The highest BCUT2D eigenvalue weighted by atomic mass is 32.2. The molecule has 0 spiro atoms. The minimum Gasteiger partial charge on any atom is -0.390 e. The first-order valence-corrected chi connectivity index (χ1v) is 16.9. The van der Waals surface area contributed by atoms with Gasteiger partial charge in [0.15, 0.2) is 10.8 Å². The van der Waals surface area contributed by atoms with Crippen LogP contribution in [0.5, 0.6) is 0 Å². The number of allylic oxidation sites excluding steroid dienone is 1. The number of sulfonamides is 1. The van der Waals surface area contributed by atoms with E-state index in [0.717, 1.165) is 18.3 Å². The van der Waals surface area contributed by atoms with Crippen LogP contribution in [0.4, 0.5) is 17.6 Å². The number of aryl methyl sites for hydroxylation is 1. The lowest BCUT2D eigenvalue weighted by atomic mass is 9.60. The summed E-state index contributed by atoms with van der Waals surface area (Å²) in [7, 11) is -2.63. The van der Waals surface area contributed by atoms with Crippen LogP contribution in [0.1, 0.15) is 66.3 Å². The summed E-state index contributed by atoms with van der Waals surface area (Å²) in [6.07, 6.45) is 1.99. The summed E-state index contributed by atoms with van der Waals surface area (Å²) >= 11 is 0. The molecule has 3 aliphatic rings. The zero-order valence-corrected chi connectivity index (χ0v) is 26.8. The van der Waals surface area contributed by atoms with E-state index in [1.807, 2.05) is 0 Å². The summed E-state index contributed by atoms with van der Waals surface area (Å²) in [5.41, 5.74) is -1.47. The van der Waals surface area contributed by atoms with Gasteiger partial charge in [0.1, 0.15) is 11.5 Å². The van der Waals surface area contributed by atoms with Crippen molar-refractivity contribution < 1.29 is 35.9 Å². The van der Waals surface area contributed by atoms with Gasteiger partial charge in [-0.15, -0.1) is 0 Å². The van der Waals surface area contributed by atoms with E-state index in [1.54, 1.807) is 43.1 Å². The number of carbonyl (C=O) groups is 1. The zero-order chi connectivity index (χ0) is 34.2. The topological polar surface area (TPSA) is 123 Å².